The highest BCUT2D eigenvalue weighted by atomic mass is 16.5. The number of hydrogen-bond acceptors (Lipinski definition) is 2. The van der Waals surface area contributed by atoms with Gasteiger partial charge in [0.1, 0.15) is 5.75 Å². The summed E-state index contributed by atoms with van der Waals surface area (Å²) < 4.78 is 5.31. The van der Waals surface area contributed by atoms with Crippen LogP contribution in [0, 0.1) is 0 Å². The van der Waals surface area contributed by atoms with Crippen molar-refractivity contribution in [3.63, 3.8) is 0 Å². The molecule has 2 aromatic carbocycles. The molecule has 0 aromatic heterocycles. The predicted molar refractivity (Wildman–Crippen MR) is 80.9 cm³/mol. The summed E-state index contributed by atoms with van der Waals surface area (Å²) in [7, 11) is 1.67. The zero-order valence-corrected chi connectivity index (χ0v) is 12.0. The van der Waals surface area contributed by atoms with Crippen LogP contribution in [0.25, 0.3) is 0 Å². The van der Waals surface area contributed by atoms with E-state index in [0.29, 0.717) is 0 Å². The normalized spacial score (nSPS) is 16.5. The molecular weight excluding hydrogens is 264 g/mol. The lowest BCUT2D eigenvalue weighted by Gasteiger charge is -2.15. The first-order valence-electron chi connectivity index (χ1n) is 7.12. The van der Waals surface area contributed by atoms with Crippen LogP contribution in [0.5, 0.6) is 5.75 Å². The Balaban J connectivity index is 2.07. The number of fused-ring (bicyclic) bond motifs is 2. The molecule has 0 fully saturated rings. The molecule has 2 aromatic rings. The van der Waals surface area contributed by atoms with Crippen molar-refractivity contribution < 1.29 is 14.6 Å². The largest absolute Gasteiger partial charge is 0.497 e. The van der Waals surface area contributed by atoms with Crippen LogP contribution in [-0.4, -0.2) is 18.2 Å². The van der Waals surface area contributed by atoms with Crippen LogP contribution < -0.4 is 4.74 Å². The zero-order chi connectivity index (χ0) is 14.8. The fourth-order valence-electron chi connectivity index (χ4n) is 3.16. The summed E-state index contributed by atoms with van der Waals surface area (Å²) in [5.41, 5.74) is 4.83. The lowest BCUT2D eigenvalue weighted by Crippen LogP contribution is -2.09. The maximum Gasteiger partial charge on any atom is 0.303 e. The second-order valence-electron chi connectivity index (χ2n) is 5.51. The number of benzene rings is 2. The van der Waals surface area contributed by atoms with Crippen molar-refractivity contribution in [3.05, 3.63) is 64.7 Å². The highest BCUT2D eigenvalue weighted by Gasteiger charge is 2.24. The minimum Gasteiger partial charge on any atom is -0.497 e. The number of carboxylic acids is 1. The van der Waals surface area contributed by atoms with E-state index in [1.807, 2.05) is 18.2 Å². The Bertz CT molecular complexity index is 676. The van der Waals surface area contributed by atoms with Gasteiger partial charge in [-0.3, -0.25) is 4.79 Å². The fourth-order valence-corrected chi connectivity index (χ4v) is 3.16. The molecule has 1 atom stereocenters. The maximum absolute atomic E-state index is 11.2. The Morgan fingerprint density at radius 2 is 2.00 bits per heavy atom. The minimum absolute atomic E-state index is 0.0355. The van der Waals surface area contributed by atoms with Crippen molar-refractivity contribution >= 4 is 5.97 Å². The van der Waals surface area contributed by atoms with E-state index < -0.39 is 5.97 Å². The molecule has 108 valence electrons. The molecular formula is C18H18O3. The molecule has 0 bridgehead atoms. The first-order valence-corrected chi connectivity index (χ1v) is 7.12. The number of ether oxygens (including phenoxy) is 1. The van der Waals surface area contributed by atoms with Gasteiger partial charge in [0.15, 0.2) is 0 Å². The summed E-state index contributed by atoms with van der Waals surface area (Å²) in [6.07, 6.45) is 1.77. The van der Waals surface area contributed by atoms with Crippen molar-refractivity contribution in [2.45, 2.75) is 25.2 Å². The molecule has 0 saturated carbocycles. The zero-order valence-electron chi connectivity index (χ0n) is 12.0. The molecule has 1 unspecified atom stereocenters. The van der Waals surface area contributed by atoms with E-state index in [1.54, 1.807) is 7.11 Å². The van der Waals surface area contributed by atoms with Gasteiger partial charge in [-0.05, 0) is 53.1 Å². The average molecular weight is 282 g/mol. The Morgan fingerprint density at radius 1 is 1.19 bits per heavy atom. The van der Waals surface area contributed by atoms with Gasteiger partial charge in [0.2, 0.25) is 0 Å². The van der Waals surface area contributed by atoms with Gasteiger partial charge in [-0.25, -0.2) is 0 Å². The molecule has 0 spiro atoms. The van der Waals surface area contributed by atoms with Crippen LogP contribution >= 0.6 is 0 Å². The number of rotatable bonds is 3. The lowest BCUT2D eigenvalue weighted by atomic mass is 9.89. The molecule has 0 aliphatic heterocycles. The third kappa shape index (κ3) is 2.77. The van der Waals surface area contributed by atoms with Crippen LogP contribution in [0.2, 0.25) is 0 Å². The highest BCUT2D eigenvalue weighted by molar-refractivity contribution is 5.68. The Kier molecular flexibility index (Phi) is 3.65. The Hall–Kier alpha value is -2.29. The molecule has 3 heteroatoms. The van der Waals surface area contributed by atoms with Crippen molar-refractivity contribution in [1.29, 1.82) is 0 Å². The van der Waals surface area contributed by atoms with Gasteiger partial charge in [-0.2, -0.15) is 0 Å². The number of methoxy groups -OCH3 is 1. The molecule has 1 aliphatic carbocycles. The molecule has 0 heterocycles. The number of carboxylic acid groups (broad SMARTS) is 1. The van der Waals surface area contributed by atoms with E-state index in [9.17, 15) is 9.90 Å². The molecule has 0 amide bonds. The van der Waals surface area contributed by atoms with Crippen LogP contribution in [0.1, 0.15) is 34.6 Å². The van der Waals surface area contributed by atoms with Crippen LogP contribution in [0.3, 0.4) is 0 Å². The lowest BCUT2D eigenvalue weighted by molar-refractivity contribution is -0.137. The number of aliphatic carboxylic acids is 1. The second-order valence-corrected chi connectivity index (χ2v) is 5.51. The van der Waals surface area contributed by atoms with Gasteiger partial charge < -0.3 is 9.84 Å². The quantitative estimate of drug-likeness (QED) is 0.938. The molecule has 1 aliphatic rings. The summed E-state index contributed by atoms with van der Waals surface area (Å²) >= 11 is 0. The molecule has 0 radical (unpaired) electrons. The van der Waals surface area contributed by atoms with Gasteiger partial charge in [0, 0.05) is 0 Å². The van der Waals surface area contributed by atoms with Crippen LogP contribution in [0.4, 0.5) is 0 Å². The van der Waals surface area contributed by atoms with Gasteiger partial charge in [-0.15, -0.1) is 0 Å². The smallest absolute Gasteiger partial charge is 0.303 e. The van der Waals surface area contributed by atoms with Crippen LogP contribution in [-0.2, 0) is 17.6 Å². The number of carbonyl (C=O) groups is 1. The van der Waals surface area contributed by atoms with E-state index in [0.717, 1.165) is 24.2 Å². The molecule has 0 saturated heterocycles. The van der Waals surface area contributed by atoms with E-state index in [4.69, 9.17) is 4.74 Å². The van der Waals surface area contributed by atoms with Crippen molar-refractivity contribution in [3.8, 4) is 5.75 Å². The summed E-state index contributed by atoms with van der Waals surface area (Å²) in [6, 6.07) is 14.2. The van der Waals surface area contributed by atoms with E-state index >= 15 is 0 Å². The van der Waals surface area contributed by atoms with Crippen molar-refractivity contribution in [2.75, 3.05) is 7.11 Å². The van der Waals surface area contributed by atoms with Gasteiger partial charge in [-0.1, -0.05) is 30.3 Å². The summed E-state index contributed by atoms with van der Waals surface area (Å²) in [5, 5.41) is 9.19. The van der Waals surface area contributed by atoms with Gasteiger partial charge >= 0.3 is 5.97 Å². The minimum atomic E-state index is -0.744. The van der Waals surface area contributed by atoms with Gasteiger partial charge in [0.05, 0.1) is 13.5 Å². The third-order valence-corrected chi connectivity index (χ3v) is 4.18. The second kappa shape index (κ2) is 5.60. The maximum atomic E-state index is 11.2. The SMILES string of the molecule is COc1ccc2c(c1)Cc1ccccc1C(CC(=O)O)C2. The highest BCUT2D eigenvalue weighted by Crippen LogP contribution is 2.35. The average Bonchev–Trinajstić information content (AvgIpc) is 2.62. The fraction of sp³-hybridized carbons (Fsp3) is 0.278. The third-order valence-electron chi connectivity index (χ3n) is 4.18. The van der Waals surface area contributed by atoms with E-state index in [1.165, 1.54) is 16.7 Å². The van der Waals surface area contributed by atoms with Gasteiger partial charge in [0.25, 0.3) is 0 Å². The number of hydrogen-bond donors (Lipinski definition) is 1. The Morgan fingerprint density at radius 3 is 2.76 bits per heavy atom. The van der Waals surface area contributed by atoms with E-state index in [2.05, 4.69) is 24.3 Å². The molecule has 1 N–H and O–H groups in total. The summed E-state index contributed by atoms with van der Waals surface area (Å²) in [5.74, 6) is 0.142. The summed E-state index contributed by atoms with van der Waals surface area (Å²) in [4.78, 5) is 11.2. The topological polar surface area (TPSA) is 46.5 Å². The monoisotopic (exact) mass is 282 g/mol. The van der Waals surface area contributed by atoms with Crippen LogP contribution in [0.15, 0.2) is 42.5 Å². The summed E-state index contributed by atoms with van der Waals surface area (Å²) in [6.45, 7) is 0. The molecule has 21 heavy (non-hydrogen) atoms. The molecule has 3 rings (SSSR count). The van der Waals surface area contributed by atoms with E-state index in [-0.39, 0.29) is 12.3 Å². The molecule has 3 nitrogen and oxygen atoms in total. The predicted octanol–water partition coefficient (Wildman–Crippen LogP) is 3.40. The standard InChI is InChI=1S/C18H18O3/c1-21-16-7-6-12-8-15(11-18(19)20)17-5-3-2-4-13(17)9-14(12)10-16/h2-7,10,15H,8-9,11H2,1H3,(H,19,20). The van der Waals surface area contributed by atoms with Crippen molar-refractivity contribution in [2.24, 2.45) is 0 Å². The first-order chi connectivity index (χ1) is 10.2. The first kappa shape index (κ1) is 13.7. The Labute approximate surface area is 124 Å². The van der Waals surface area contributed by atoms with Crippen molar-refractivity contribution in [1.82, 2.24) is 0 Å².